The molecule has 94 valence electrons. The molecule has 2 aliphatic carbocycles. The first-order chi connectivity index (χ1) is 8.74. The number of Topliss-reactive ketones (excluding diaryl/α,β-unsaturated/α-hetero) is 1. The molecule has 4 aliphatic rings. The molecule has 0 aromatic heterocycles. The van der Waals surface area contributed by atoms with Gasteiger partial charge in [-0.1, -0.05) is 6.08 Å². The van der Waals surface area contributed by atoms with Gasteiger partial charge in [0.1, 0.15) is 0 Å². The first-order valence-corrected chi connectivity index (χ1v) is 6.85. The topological polar surface area (TPSA) is 32.3 Å². The first kappa shape index (κ1) is 10.6. The van der Waals surface area contributed by atoms with E-state index in [-0.39, 0.29) is 0 Å². The van der Waals surface area contributed by atoms with Crippen LogP contribution in [0.2, 0.25) is 0 Å². The van der Waals surface area contributed by atoms with Crippen LogP contribution in [0.25, 0.3) is 0 Å². The van der Waals surface area contributed by atoms with Gasteiger partial charge in [-0.25, -0.2) is 0 Å². The second-order valence-electron chi connectivity index (χ2n) is 5.88. The van der Waals surface area contributed by atoms with Crippen molar-refractivity contribution in [3.05, 3.63) is 34.1 Å². The van der Waals surface area contributed by atoms with Crippen LogP contribution in [0.4, 0.5) is 0 Å². The lowest BCUT2D eigenvalue weighted by molar-refractivity contribution is -0.117. The van der Waals surface area contributed by atoms with Crippen LogP contribution >= 0.6 is 0 Å². The quantitative estimate of drug-likeness (QED) is 0.697. The Balaban J connectivity index is 1.88. The lowest BCUT2D eigenvalue weighted by Gasteiger charge is -2.35. The number of fused-ring (bicyclic) bond motifs is 1. The van der Waals surface area contributed by atoms with E-state index in [9.17, 15) is 4.79 Å². The van der Waals surface area contributed by atoms with Gasteiger partial charge in [0, 0.05) is 30.3 Å². The van der Waals surface area contributed by atoms with Gasteiger partial charge in [0.15, 0.2) is 5.78 Å². The van der Waals surface area contributed by atoms with Crippen LogP contribution in [0.1, 0.15) is 19.3 Å². The highest BCUT2D eigenvalue weighted by Gasteiger charge is 2.39. The van der Waals surface area contributed by atoms with E-state index in [2.05, 4.69) is 16.3 Å². The number of carbonyl (C=O) groups is 1. The zero-order chi connectivity index (χ0) is 12.3. The normalized spacial score (nSPS) is 31.1. The van der Waals surface area contributed by atoms with Gasteiger partial charge in [0.25, 0.3) is 0 Å². The summed E-state index contributed by atoms with van der Waals surface area (Å²) >= 11 is 0. The summed E-state index contributed by atoms with van der Waals surface area (Å²) in [6.07, 6.45) is 5.53. The second kappa shape index (κ2) is 3.58. The van der Waals surface area contributed by atoms with Gasteiger partial charge in [-0.15, -0.1) is 0 Å². The van der Waals surface area contributed by atoms with Crippen molar-refractivity contribution in [2.45, 2.75) is 19.3 Å². The molecule has 3 nitrogen and oxygen atoms in total. The van der Waals surface area contributed by atoms with Crippen molar-refractivity contribution in [1.82, 2.24) is 10.2 Å². The minimum absolute atomic E-state index is 0.355. The Hall–Kier alpha value is -1.35. The Morgan fingerprint density at radius 2 is 2.17 bits per heavy atom. The van der Waals surface area contributed by atoms with Crippen LogP contribution in [-0.4, -0.2) is 37.4 Å². The van der Waals surface area contributed by atoms with Crippen molar-refractivity contribution in [2.75, 3.05) is 26.7 Å². The average molecular weight is 242 g/mol. The van der Waals surface area contributed by atoms with Gasteiger partial charge in [0.05, 0.1) is 6.54 Å². The van der Waals surface area contributed by atoms with Gasteiger partial charge in [-0.05, 0) is 43.0 Å². The van der Waals surface area contributed by atoms with Gasteiger partial charge in [-0.3, -0.25) is 9.69 Å². The molecule has 2 aliphatic heterocycles. The predicted molar refractivity (Wildman–Crippen MR) is 70.0 cm³/mol. The van der Waals surface area contributed by atoms with Crippen molar-refractivity contribution < 1.29 is 4.79 Å². The Kier molecular flexibility index (Phi) is 2.10. The number of carbonyl (C=O) groups excluding carboxylic acids is 1. The summed E-state index contributed by atoms with van der Waals surface area (Å²) in [5.41, 5.74) is 6.87. The monoisotopic (exact) mass is 242 g/mol. The first-order valence-electron chi connectivity index (χ1n) is 6.85. The molecule has 3 heteroatoms. The maximum absolute atomic E-state index is 12.2. The number of rotatable bonds is 0. The number of nitrogens with zero attached hydrogens (tertiary/aromatic N) is 1. The van der Waals surface area contributed by atoms with Crippen LogP contribution in [0.3, 0.4) is 0 Å². The minimum Gasteiger partial charge on any atom is -0.384 e. The SMILES string of the molecule is CN1CC(=O)C2=C(C1)C1=C3C(=CCC1)NCC3C2. The second-order valence-corrected chi connectivity index (χ2v) is 5.88. The summed E-state index contributed by atoms with van der Waals surface area (Å²) in [4.78, 5) is 14.4. The molecule has 0 aromatic carbocycles. The van der Waals surface area contributed by atoms with Crippen LogP contribution in [0.15, 0.2) is 34.1 Å². The molecule has 0 bridgehead atoms. The molecule has 0 aromatic rings. The molecule has 1 fully saturated rings. The van der Waals surface area contributed by atoms with E-state index in [1.807, 2.05) is 7.05 Å². The highest BCUT2D eigenvalue weighted by atomic mass is 16.1. The van der Waals surface area contributed by atoms with Gasteiger partial charge < -0.3 is 5.32 Å². The summed E-state index contributed by atoms with van der Waals surface area (Å²) in [6.45, 7) is 2.58. The minimum atomic E-state index is 0.355. The highest BCUT2D eigenvalue weighted by Crippen LogP contribution is 2.45. The molecule has 1 atom stereocenters. The molecule has 1 saturated heterocycles. The molecule has 1 unspecified atom stereocenters. The molecule has 0 saturated carbocycles. The zero-order valence-corrected chi connectivity index (χ0v) is 10.8. The van der Waals surface area contributed by atoms with E-state index in [0.29, 0.717) is 18.2 Å². The average Bonchev–Trinajstić information content (AvgIpc) is 2.76. The molecule has 0 spiro atoms. The maximum Gasteiger partial charge on any atom is 0.173 e. The van der Waals surface area contributed by atoms with E-state index in [0.717, 1.165) is 37.9 Å². The molecule has 1 N–H and O–H groups in total. The molecule has 18 heavy (non-hydrogen) atoms. The Morgan fingerprint density at radius 3 is 3.06 bits per heavy atom. The van der Waals surface area contributed by atoms with E-state index in [1.54, 1.807) is 0 Å². The number of ketones is 1. The largest absolute Gasteiger partial charge is 0.384 e. The third-order valence-corrected chi connectivity index (χ3v) is 4.66. The van der Waals surface area contributed by atoms with Crippen molar-refractivity contribution in [3.8, 4) is 0 Å². The summed E-state index contributed by atoms with van der Waals surface area (Å²) in [5.74, 6) is 0.908. The molecular formula is C15H18N2O. The Bertz CT molecular complexity index is 539. The summed E-state index contributed by atoms with van der Waals surface area (Å²) in [6, 6.07) is 0. The van der Waals surface area contributed by atoms with Gasteiger partial charge >= 0.3 is 0 Å². The van der Waals surface area contributed by atoms with E-state index in [4.69, 9.17) is 0 Å². The van der Waals surface area contributed by atoms with Crippen LogP contribution in [-0.2, 0) is 4.79 Å². The highest BCUT2D eigenvalue weighted by molar-refractivity contribution is 6.00. The molecule has 0 amide bonds. The Labute approximate surface area is 107 Å². The number of hydrogen-bond acceptors (Lipinski definition) is 3. The number of hydrogen-bond donors (Lipinski definition) is 1. The van der Waals surface area contributed by atoms with E-state index < -0.39 is 0 Å². The zero-order valence-electron chi connectivity index (χ0n) is 10.8. The van der Waals surface area contributed by atoms with Crippen LogP contribution < -0.4 is 5.32 Å². The lowest BCUT2D eigenvalue weighted by Crippen LogP contribution is -2.38. The molecular weight excluding hydrogens is 224 g/mol. The van der Waals surface area contributed by atoms with Crippen molar-refractivity contribution in [2.24, 2.45) is 5.92 Å². The lowest BCUT2D eigenvalue weighted by atomic mass is 9.73. The van der Waals surface area contributed by atoms with Crippen molar-refractivity contribution in [3.63, 3.8) is 0 Å². The number of likely N-dealkylation sites (N-methyl/N-ethyl adjacent to an activating group) is 1. The number of allylic oxidation sites excluding steroid dienone is 2. The van der Waals surface area contributed by atoms with Crippen molar-refractivity contribution >= 4 is 5.78 Å². The maximum atomic E-state index is 12.2. The fourth-order valence-corrected chi connectivity index (χ4v) is 3.92. The molecule has 2 heterocycles. The van der Waals surface area contributed by atoms with Gasteiger partial charge in [0.2, 0.25) is 0 Å². The fraction of sp³-hybridized carbons (Fsp3) is 0.533. The summed E-state index contributed by atoms with van der Waals surface area (Å²) < 4.78 is 0. The summed E-state index contributed by atoms with van der Waals surface area (Å²) in [5, 5.41) is 3.52. The van der Waals surface area contributed by atoms with Crippen LogP contribution in [0, 0.1) is 5.92 Å². The Morgan fingerprint density at radius 1 is 1.28 bits per heavy atom. The standard InChI is InChI=1S/C15H18N2O/c1-17-7-12-10-3-2-4-13-15(10)9(6-16-13)5-11(12)14(18)8-17/h4,9,16H,2-3,5-8H2,1H3. The van der Waals surface area contributed by atoms with Crippen LogP contribution in [0.5, 0.6) is 0 Å². The molecule has 0 radical (unpaired) electrons. The van der Waals surface area contributed by atoms with E-state index in [1.165, 1.54) is 22.4 Å². The van der Waals surface area contributed by atoms with E-state index >= 15 is 0 Å². The predicted octanol–water partition coefficient (Wildman–Crippen LogP) is 1.39. The van der Waals surface area contributed by atoms with Crippen molar-refractivity contribution in [1.29, 1.82) is 0 Å². The fourth-order valence-electron chi connectivity index (χ4n) is 3.92. The summed E-state index contributed by atoms with van der Waals surface area (Å²) in [7, 11) is 2.05. The smallest absolute Gasteiger partial charge is 0.173 e. The number of nitrogens with one attached hydrogen (secondary N) is 1. The third kappa shape index (κ3) is 1.31. The van der Waals surface area contributed by atoms with Gasteiger partial charge in [-0.2, -0.15) is 0 Å². The molecule has 4 rings (SSSR count). The third-order valence-electron chi connectivity index (χ3n) is 4.66.